The van der Waals surface area contributed by atoms with E-state index in [0.717, 1.165) is 36.8 Å². The van der Waals surface area contributed by atoms with E-state index in [9.17, 15) is 24.6 Å². The van der Waals surface area contributed by atoms with Gasteiger partial charge >= 0.3 is 0 Å². The number of aliphatic hydroxyl groups is 2. The van der Waals surface area contributed by atoms with Crippen LogP contribution in [0.3, 0.4) is 0 Å². The monoisotopic (exact) mass is 531 g/mol. The van der Waals surface area contributed by atoms with Gasteiger partial charge in [0.2, 0.25) is 11.8 Å². The molecule has 39 heavy (non-hydrogen) atoms. The van der Waals surface area contributed by atoms with Crippen molar-refractivity contribution in [3.8, 4) is 0 Å². The standard InChI is InChI=1S/C31H37N3O5/c1-21(9-8-13-29(37)34-19-23-11-6-5-10-22(23)17-25(34)20-35)31(39)26-18-24(14-15-27(26)32-30(31)38)33-16-7-3-2-4-12-28(33)36/h5-6,8-11,14-15,18,21,25,35,39H,2-4,7,12-13,16-17,19-20H2,1H3,(H,32,38)/b9-8+/t21-,25+,31+/m1/s1. The lowest BCUT2D eigenvalue weighted by atomic mass is 9.82. The van der Waals surface area contributed by atoms with Gasteiger partial charge in [-0.15, -0.1) is 0 Å². The van der Waals surface area contributed by atoms with Gasteiger partial charge in [-0.05, 0) is 48.6 Å². The van der Waals surface area contributed by atoms with E-state index >= 15 is 0 Å². The van der Waals surface area contributed by atoms with Gasteiger partial charge in [0, 0.05) is 48.8 Å². The van der Waals surface area contributed by atoms with Gasteiger partial charge in [-0.25, -0.2) is 0 Å². The highest BCUT2D eigenvalue weighted by atomic mass is 16.3. The maximum absolute atomic E-state index is 13.1. The second-order valence-corrected chi connectivity index (χ2v) is 10.9. The van der Waals surface area contributed by atoms with Crippen LogP contribution in [-0.4, -0.2) is 52.0 Å². The Morgan fingerprint density at radius 3 is 2.69 bits per heavy atom. The van der Waals surface area contributed by atoms with E-state index in [-0.39, 0.29) is 30.9 Å². The first-order valence-electron chi connectivity index (χ1n) is 14.0. The van der Waals surface area contributed by atoms with Crippen LogP contribution in [0.25, 0.3) is 0 Å². The third-order valence-electron chi connectivity index (χ3n) is 8.41. The minimum absolute atomic E-state index is 0.0587. The number of hydrogen-bond donors (Lipinski definition) is 3. The molecule has 3 amide bonds. The molecule has 0 radical (unpaired) electrons. The van der Waals surface area contributed by atoms with Gasteiger partial charge in [0.05, 0.1) is 12.6 Å². The molecule has 206 valence electrons. The molecule has 0 bridgehead atoms. The topological polar surface area (TPSA) is 110 Å². The number of rotatable bonds is 6. The van der Waals surface area contributed by atoms with Gasteiger partial charge in [-0.3, -0.25) is 14.4 Å². The molecule has 3 atom stereocenters. The predicted octanol–water partition coefficient (Wildman–Crippen LogP) is 3.65. The zero-order chi connectivity index (χ0) is 27.6. The number of anilines is 2. The number of carbonyl (C=O) groups is 3. The van der Waals surface area contributed by atoms with Crippen LogP contribution in [0.15, 0.2) is 54.6 Å². The first-order valence-corrected chi connectivity index (χ1v) is 14.0. The summed E-state index contributed by atoms with van der Waals surface area (Å²) in [5.74, 6) is -1.21. The first-order chi connectivity index (χ1) is 18.8. The molecule has 5 rings (SSSR count). The van der Waals surface area contributed by atoms with Crippen molar-refractivity contribution in [2.24, 2.45) is 5.92 Å². The van der Waals surface area contributed by atoms with E-state index in [1.165, 1.54) is 0 Å². The highest BCUT2D eigenvalue weighted by Gasteiger charge is 2.49. The average molecular weight is 532 g/mol. The molecule has 8 nitrogen and oxygen atoms in total. The Kier molecular flexibility index (Phi) is 7.86. The minimum Gasteiger partial charge on any atom is -0.394 e. The predicted molar refractivity (Wildman–Crippen MR) is 149 cm³/mol. The Balaban J connectivity index is 1.31. The molecule has 3 N–H and O–H groups in total. The van der Waals surface area contributed by atoms with Crippen LogP contribution >= 0.6 is 0 Å². The Bertz CT molecular complexity index is 1290. The lowest BCUT2D eigenvalue weighted by molar-refractivity contribution is -0.137. The van der Waals surface area contributed by atoms with E-state index in [2.05, 4.69) is 5.32 Å². The highest BCUT2D eigenvalue weighted by Crippen LogP contribution is 2.43. The van der Waals surface area contributed by atoms with Gasteiger partial charge in [-0.2, -0.15) is 0 Å². The van der Waals surface area contributed by atoms with Gasteiger partial charge < -0.3 is 25.3 Å². The highest BCUT2D eigenvalue weighted by molar-refractivity contribution is 6.06. The van der Waals surface area contributed by atoms with Crippen molar-refractivity contribution < 1.29 is 24.6 Å². The molecule has 0 unspecified atom stereocenters. The molecule has 2 aromatic rings. The maximum Gasteiger partial charge on any atom is 0.261 e. The normalized spacial score (nSPS) is 24.1. The number of aliphatic hydroxyl groups excluding tert-OH is 1. The molecule has 3 heterocycles. The zero-order valence-electron chi connectivity index (χ0n) is 22.4. The summed E-state index contributed by atoms with van der Waals surface area (Å²) in [6.45, 7) is 2.70. The van der Waals surface area contributed by atoms with E-state index < -0.39 is 17.4 Å². The Morgan fingerprint density at radius 1 is 1.13 bits per heavy atom. The molecule has 3 aliphatic rings. The van der Waals surface area contributed by atoms with Crippen LogP contribution in [0.1, 0.15) is 62.1 Å². The third-order valence-corrected chi connectivity index (χ3v) is 8.41. The fraction of sp³-hybridized carbons (Fsp3) is 0.452. The Morgan fingerprint density at radius 2 is 1.90 bits per heavy atom. The number of nitrogens with zero attached hydrogens (tertiary/aromatic N) is 2. The second kappa shape index (κ2) is 11.3. The molecule has 0 aromatic heterocycles. The summed E-state index contributed by atoms with van der Waals surface area (Å²) in [7, 11) is 0. The molecule has 0 spiro atoms. The quantitative estimate of drug-likeness (QED) is 0.493. The van der Waals surface area contributed by atoms with Gasteiger partial charge in [0.1, 0.15) is 0 Å². The number of benzene rings is 2. The summed E-state index contributed by atoms with van der Waals surface area (Å²) in [4.78, 5) is 42.4. The number of hydrogen-bond acceptors (Lipinski definition) is 5. The number of amides is 3. The van der Waals surface area contributed by atoms with Gasteiger partial charge in [0.25, 0.3) is 5.91 Å². The molecular formula is C31H37N3O5. The van der Waals surface area contributed by atoms with Crippen LogP contribution in [0.5, 0.6) is 0 Å². The number of nitrogens with one attached hydrogen (secondary N) is 1. The lowest BCUT2D eigenvalue weighted by Crippen LogP contribution is -2.46. The third kappa shape index (κ3) is 5.23. The van der Waals surface area contributed by atoms with Crippen LogP contribution in [-0.2, 0) is 33.0 Å². The summed E-state index contributed by atoms with van der Waals surface area (Å²) < 4.78 is 0. The largest absolute Gasteiger partial charge is 0.394 e. The molecule has 0 saturated carbocycles. The fourth-order valence-corrected chi connectivity index (χ4v) is 6.02. The molecule has 2 aromatic carbocycles. The maximum atomic E-state index is 13.1. The van der Waals surface area contributed by atoms with E-state index in [0.29, 0.717) is 42.9 Å². The van der Waals surface area contributed by atoms with Crippen molar-refractivity contribution in [2.45, 2.75) is 70.1 Å². The summed E-state index contributed by atoms with van der Waals surface area (Å²) >= 11 is 0. The molecular weight excluding hydrogens is 494 g/mol. The van der Waals surface area contributed by atoms with Gasteiger partial charge in [0.15, 0.2) is 5.60 Å². The smallest absolute Gasteiger partial charge is 0.261 e. The van der Waals surface area contributed by atoms with Crippen molar-refractivity contribution in [1.82, 2.24) is 4.90 Å². The van der Waals surface area contributed by atoms with E-state index in [1.54, 1.807) is 41.0 Å². The molecule has 0 aliphatic carbocycles. The van der Waals surface area contributed by atoms with Crippen molar-refractivity contribution in [2.75, 3.05) is 23.4 Å². The second-order valence-electron chi connectivity index (χ2n) is 10.9. The van der Waals surface area contributed by atoms with Crippen molar-refractivity contribution in [1.29, 1.82) is 0 Å². The van der Waals surface area contributed by atoms with Crippen LogP contribution in [0.4, 0.5) is 11.4 Å². The summed E-state index contributed by atoms with van der Waals surface area (Å²) in [5, 5.41) is 24.4. The minimum atomic E-state index is -1.83. The van der Waals surface area contributed by atoms with Gasteiger partial charge in [-0.1, -0.05) is 56.2 Å². The zero-order valence-corrected chi connectivity index (χ0v) is 22.4. The number of fused-ring (bicyclic) bond motifs is 2. The van der Waals surface area contributed by atoms with Crippen molar-refractivity contribution >= 4 is 29.1 Å². The molecule has 1 fully saturated rings. The van der Waals surface area contributed by atoms with Crippen molar-refractivity contribution in [3.63, 3.8) is 0 Å². The molecule has 3 aliphatic heterocycles. The summed E-state index contributed by atoms with van der Waals surface area (Å²) in [6.07, 6.45) is 8.49. The van der Waals surface area contributed by atoms with Crippen LogP contribution in [0, 0.1) is 5.92 Å². The number of carbonyl (C=O) groups excluding carboxylic acids is 3. The average Bonchev–Trinajstić information content (AvgIpc) is 3.19. The van der Waals surface area contributed by atoms with Crippen molar-refractivity contribution in [3.05, 3.63) is 71.3 Å². The summed E-state index contributed by atoms with van der Waals surface area (Å²) in [5.41, 5.74) is 2.05. The molecule has 8 heteroatoms. The Hall–Kier alpha value is -3.49. The van der Waals surface area contributed by atoms with Crippen LogP contribution in [0.2, 0.25) is 0 Å². The summed E-state index contributed by atoms with van der Waals surface area (Å²) in [6, 6.07) is 13.0. The fourth-order valence-electron chi connectivity index (χ4n) is 6.02. The SMILES string of the molecule is C[C@H](/C=C/CC(=O)N1Cc2ccccc2C[C@H]1CO)[C@@]1(O)C(=O)Nc2ccc(N3CCCCCCC3=O)cc21. The Labute approximate surface area is 229 Å². The lowest BCUT2D eigenvalue weighted by Gasteiger charge is -2.36. The van der Waals surface area contributed by atoms with E-state index in [1.807, 2.05) is 30.3 Å². The van der Waals surface area contributed by atoms with Crippen LogP contribution < -0.4 is 10.2 Å². The van der Waals surface area contributed by atoms with E-state index in [4.69, 9.17) is 0 Å². The molecule has 1 saturated heterocycles. The first kappa shape index (κ1) is 27.1.